The number of rotatable bonds is 8. The molecule has 2 aromatic carbocycles. The van der Waals surface area contributed by atoms with Crippen LogP contribution in [0.5, 0.6) is 0 Å². The highest BCUT2D eigenvalue weighted by molar-refractivity contribution is 7.89. The van der Waals surface area contributed by atoms with E-state index in [1.165, 1.54) is 7.11 Å². The maximum Gasteiger partial charge on any atom is 0.405 e. The molecule has 0 aromatic heterocycles. The van der Waals surface area contributed by atoms with Crippen molar-refractivity contribution in [3.63, 3.8) is 0 Å². The van der Waals surface area contributed by atoms with Crippen molar-refractivity contribution in [2.45, 2.75) is 17.2 Å². The normalized spacial score (nSPS) is 13.1. The zero-order valence-corrected chi connectivity index (χ0v) is 15.7. The Bertz CT molecular complexity index is 885. The van der Waals surface area contributed by atoms with E-state index in [0.29, 0.717) is 0 Å². The number of ether oxygens (including phenoxy) is 1. The Kier molecular flexibility index (Phi) is 7.17. The number of sulfonamides is 1. The summed E-state index contributed by atoms with van der Waals surface area (Å²) in [6.07, 6.45) is -5.03. The summed E-state index contributed by atoms with van der Waals surface area (Å²) in [6.45, 7) is -1.48. The first-order chi connectivity index (χ1) is 13.1. The number of carbonyl (C=O) groups is 1. The summed E-state index contributed by atoms with van der Waals surface area (Å²) in [5, 5.41) is 1.72. The fourth-order valence-corrected chi connectivity index (χ4v) is 3.37. The number of hydrogen-bond acceptors (Lipinski definition) is 4. The topological polar surface area (TPSA) is 84.5 Å². The van der Waals surface area contributed by atoms with Gasteiger partial charge in [0.15, 0.2) is 0 Å². The van der Waals surface area contributed by atoms with Gasteiger partial charge in [-0.25, -0.2) is 13.1 Å². The first-order valence-electron chi connectivity index (χ1n) is 8.15. The van der Waals surface area contributed by atoms with Crippen molar-refractivity contribution in [2.24, 2.45) is 0 Å². The SMILES string of the molecule is COC(CNS(=O)(=O)c1ccc(C(=O)NCC(F)(F)F)cc1)c1ccccc1. The van der Waals surface area contributed by atoms with E-state index in [9.17, 15) is 26.4 Å². The van der Waals surface area contributed by atoms with E-state index < -0.39 is 34.8 Å². The minimum atomic E-state index is -4.53. The van der Waals surface area contributed by atoms with Crippen LogP contribution in [0.1, 0.15) is 22.0 Å². The van der Waals surface area contributed by atoms with Gasteiger partial charge < -0.3 is 10.1 Å². The van der Waals surface area contributed by atoms with Crippen molar-refractivity contribution in [1.29, 1.82) is 0 Å². The molecule has 0 saturated carbocycles. The third kappa shape index (κ3) is 6.32. The summed E-state index contributed by atoms with van der Waals surface area (Å²) in [5.41, 5.74) is 0.714. The predicted molar refractivity (Wildman–Crippen MR) is 96.2 cm³/mol. The van der Waals surface area contributed by atoms with E-state index in [-0.39, 0.29) is 17.0 Å². The zero-order valence-electron chi connectivity index (χ0n) is 14.9. The summed E-state index contributed by atoms with van der Waals surface area (Å²) in [5.74, 6) is -0.947. The molecule has 2 rings (SSSR count). The van der Waals surface area contributed by atoms with Crippen molar-refractivity contribution in [3.05, 3.63) is 65.7 Å². The second kappa shape index (κ2) is 9.18. The predicted octanol–water partition coefficient (Wildman–Crippen LogP) is 2.64. The van der Waals surface area contributed by atoms with Crippen LogP contribution in [0.25, 0.3) is 0 Å². The van der Waals surface area contributed by atoms with Gasteiger partial charge >= 0.3 is 6.18 Å². The lowest BCUT2D eigenvalue weighted by Gasteiger charge is -2.16. The van der Waals surface area contributed by atoms with Crippen molar-refractivity contribution in [3.8, 4) is 0 Å². The van der Waals surface area contributed by atoms with Gasteiger partial charge in [-0.3, -0.25) is 4.79 Å². The van der Waals surface area contributed by atoms with Gasteiger partial charge in [0.1, 0.15) is 6.54 Å². The van der Waals surface area contributed by atoms with E-state index in [2.05, 4.69) is 4.72 Å². The molecular formula is C18H19F3N2O4S. The fraction of sp³-hybridized carbons (Fsp3) is 0.278. The van der Waals surface area contributed by atoms with Gasteiger partial charge in [-0.05, 0) is 29.8 Å². The molecule has 0 saturated heterocycles. The molecule has 0 aliphatic rings. The van der Waals surface area contributed by atoms with Crippen LogP contribution in [-0.4, -0.2) is 40.7 Å². The Morgan fingerprint density at radius 3 is 2.21 bits per heavy atom. The van der Waals surface area contributed by atoms with Crippen molar-refractivity contribution < 1.29 is 31.1 Å². The van der Waals surface area contributed by atoms with Crippen LogP contribution in [0.3, 0.4) is 0 Å². The molecule has 152 valence electrons. The Labute approximate surface area is 160 Å². The Morgan fingerprint density at radius 1 is 1.07 bits per heavy atom. The van der Waals surface area contributed by atoms with E-state index >= 15 is 0 Å². The smallest absolute Gasteiger partial charge is 0.375 e. The number of halogens is 3. The molecule has 0 spiro atoms. The first kappa shape index (κ1) is 21.9. The summed E-state index contributed by atoms with van der Waals surface area (Å²) in [6, 6.07) is 13.6. The van der Waals surface area contributed by atoms with Crippen LogP contribution in [0, 0.1) is 0 Å². The number of alkyl halides is 3. The average molecular weight is 416 g/mol. The lowest BCUT2D eigenvalue weighted by molar-refractivity contribution is -0.123. The lowest BCUT2D eigenvalue weighted by Crippen LogP contribution is -2.33. The molecule has 10 heteroatoms. The van der Waals surface area contributed by atoms with Gasteiger partial charge in [-0.2, -0.15) is 13.2 Å². The highest BCUT2D eigenvalue weighted by atomic mass is 32.2. The summed E-state index contributed by atoms with van der Waals surface area (Å²) >= 11 is 0. The molecule has 1 unspecified atom stereocenters. The van der Waals surface area contributed by atoms with Gasteiger partial charge in [0.05, 0.1) is 11.0 Å². The van der Waals surface area contributed by atoms with Gasteiger partial charge in [0.2, 0.25) is 10.0 Å². The number of methoxy groups -OCH3 is 1. The van der Waals surface area contributed by atoms with Crippen LogP contribution in [0.2, 0.25) is 0 Å². The van der Waals surface area contributed by atoms with Crippen molar-refractivity contribution >= 4 is 15.9 Å². The number of hydrogen-bond donors (Lipinski definition) is 2. The molecule has 28 heavy (non-hydrogen) atoms. The van der Waals surface area contributed by atoms with E-state index in [4.69, 9.17) is 4.74 Å². The number of benzene rings is 2. The van der Waals surface area contributed by atoms with Crippen molar-refractivity contribution in [2.75, 3.05) is 20.2 Å². The maximum atomic E-state index is 12.4. The van der Waals surface area contributed by atoms with E-state index in [1.54, 1.807) is 29.6 Å². The third-order valence-electron chi connectivity index (χ3n) is 3.79. The lowest BCUT2D eigenvalue weighted by atomic mass is 10.1. The van der Waals surface area contributed by atoms with Gasteiger partial charge in [-0.1, -0.05) is 30.3 Å². The van der Waals surface area contributed by atoms with Gasteiger partial charge in [-0.15, -0.1) is 0 Å². The second-order valence-electron chi connectivity index (χ2n) is 5.81. The molecule has 0 fully saturated rings. The summed E-state index contributed by atoms with van der Waals surface area (Å²) < 4.78 is 69.0. The molecule has 6 nitrogen and oxygen atoms in total. The Balaban J connectivity index is 2.02. The molecule has 1 amide bonds. The van der Waals surface area contributed by atoms with Crippen LogP contribution in [0.15, 0.2) is 59.5 Å². The van der Waals surface area contributed by atoms with Crippen molar-refractivity contribution in [1.82, 2.24) is 10.0 Å². The number of amides is 1. The van der Waals surface area contributed by atoms with Gasteiger partial charge in [0.25, 0.3) is 5.91 Å². The second-order valence-corrected chi connectivity index (χ2v) is 7.58. The highest BCUT2D eigenvalue weighted by Crippen LogP contribution is 2.17. The number of carbonyl (C=O) groups excluding carboxylic acids is 1. The molecule has 0 heterocycles. The number of nitrogens with one attached hydrogen (secondary N) is 2. The minimum Gasteiger partial charge on any atom is -0.375 e. The van der Waals surface area contributed by atoms with Crippen LogP contribution in [-0.2, 0) is 14.8 Å². The quantitative estimate of drug-likeness (QED) is 0.693. The third-order valence-corrected chi connectivity index (χ3v) is 5.23. The molecule has 2 N–H and O–H groups in total. The minimum absolute atomic E-state index is 0.0172. The van der Waals surface area contributed by atoms with Crippen LogP contribution >= 0.6 is 0 Å². The van der Waals surface area contributed by atoms with Gasteiger partial charge in [0, 0.05) is 19.2 Å². The molecule has 1 atom stereocenters. The maximum absolute atomic E-state index is 12.4. The fourth-order valence-electron chi connectivity index (χ4n) is 2.34. The monoisotopic (exact) mass is 416 g/mol. The standard InChI is InChI=1S/C18H19F3N2O4S/c1-27-16(13-5-3-2-4-6-13)11-23-28(25,26)15-9-7-14(8-10-15)17(24)22-12-18(19,20)21/h2-10,16,23H,11-12H2,1H3,(H,22,24). The molecular weight excluding hydrogens is 397 g/mol. The molecule has 0 bridgehead atoms. The molecule has 2 aromatic rings. The Hall–Kier alpha value is -2.43. The molecule has 0 aliphatic carbocycles. The zero-order chi connectivity index (χ0) is 20.8. The first-order valence-corrected chi connectivity index (χ1v) is 9.63. The molecule has 0 radical (unpaired) electrons. The molecule has 0 aliphatic heterocycles. The van der Waals surface area contributed by atoms with Crippen LogP contribution in [0.4, 0.5) is 13.2 Å². The summed E-state index contributed by atoms with van der Waals surface area (Å²) in [7, 11) is -2.43. The average Bonchev–Trinajstić information content (AvgIpc) is 2.67. The largest absolute Gasteiger partial charge is 0.405 e. The Morgan fingerprint density at radius 2 is 1.68 bits per heavy atom. The van der Waals surface area contributed by atoms with E-state index in [0.717, 1.165) is 29.8 Å². The highest BCUT2D eigenvalue weighted by Gasteiger charge is 2.28. The van der Waals surface area contributed by atoms with E-state index in [1.807, 2.05) is 6.07 Å². The van der Waals surface area contributed by atoms with Crippen LogP contribution < -0.4 is 10.0 Å². The summed E-state index contributed by atoms with van der Waals surface area (Å²) in [4.78, 5) is 11.5.